The molecular formula is C41H27N3. The summed E-state index contributed by atoms with van der Waals surface area (Å²) in [6.45, 7) is 0. The monoisotopic (exact) mass is 561 g/mol. The predicted octanol–water partition coefficient (Wildman–Crippen LogP) is 10.5. The topological polar surface area (TPSA) is 38.7 Å². The zero-order valence-electron chi connectivity index (χ0n) is 23.9. The zero-order chi connectivity index (χ0) is 29.3. The van der Waals surface area contributed by atoms with Crippen LogP contribution in [0.5, 0.6) is 0 Å². The van der Waals surface area contributed by atoms with Gasteiger partial charge in [0.15, 0.2) is 17.5 Å². The van der Waals surface area contributed by atoms with Gasteiger partial charge in [-0.3, -0.25) is 0 Å². The molecule has 0 aliphatic rings. The lowest BCUT2D eigenvalue weighted by Crippen LogP contribution is -2.01. The number of fused-ring (bicyclic) bond motifs is 2. The van der Waals surface area contributed by atoms with Gasteiger partial charge in [-0.25, -0.2) is 15.0 Å². The fourth-order valence-electron chi connectivity index (χ4n) is 6.08. The minimum absolute atomic E-state index is 0.649. The quantitative estimate of drug-likeness (QED) is 0.210. The Morgan fingerprint density at radius 2 is 0.727 bits per heavy atom. The second-order valence-electron chi connectivity index (χ2n) is 10.8. The first-order valence-corrected chi connectivity index (χ1v) is 14.8. The Bertz CT molecular complexity index is 2260. The van der Waals surface area contributed by atoms with Crippen LogP contribution >= 0.6 is 0 Å². The lowest BCUT2D eigenvalue weighted by molar-refractivity contribution is 1.08. The number of hydrogen-bond acceptors (Lipinski definition) is 3. The molecule has 0 aliphatic heterocycles. The van der Waals surface area contributed by atoms with Crippen molar-refractivity contribution >= 4 is 21.5 Å². The minimum Gasteiger partial charge on any atom is -0.208 e. The SMILES string of the molecule is c1ccc(-c2nc(-c3ccc(-c4ccccc4)c4ccccc34)nc(-c3cccc4cccc(-c5ccccc5)c34)n2)cc1. The Morgan fingerprint density at radius 1 is 0.273 bits per heavy atom. The Morgan fingerprint density at radius 3 is 1.36 bits per heavy atom. The van der Waals surface area contributed by atoms with Crippen LogP contribution in [0.4, 0.5) is 0 Å². The summed E-state index contributed by atoms with van der Waals surface area (Å²) < 4.78 is 0. The fourth-order valence-corrected chi connectivity index (χ4v) is 6.08. The summed E-state index contributed by atoms with van der Waals surface area (Å²) in [7, 11) is 0. The van der Waals surface area contributed by atoms with E-state index < -0.39 is 0 Å². The van der Waals surface area contributed by atoms with Gasteiger partial charge in [0.1, 0.15) is 0 Å². The lowest BCUT2D eigenvalue weighted by atomic mass is 9.94. The van der Waals surface area contributed by atoms with Gasteiger partial charge in [-0.15, -0.1) is 0 Å². The average Bonchev–Trinajstić information content (AvgIpc) is 3.11. The molecule has 206 valence electrons. The molecule has 44 heavy (non-hydrogen) atoms. The van der Waals surface area contributed by atoms with Gasteiger partial charge in [-0.1, -0.05) is 158 Å². The van der Waals surface area contributed by atoms with E-state index in [0.717, 1.165) is 49.4 Å². The van der Waals surface area contributed by atoms with Crippen LogP contribution in [0.1, 0.15) is 0 Å². The molecule has 0 N–H and O–H groups in total. The van der Waals surface area contributed by atoms with Crippen molar-refractivity contribution in [3.8, 4) is 56.4 Å². The highest BCUT2D eigenvalue weighted by atomic mass is 15.0. The molecule has 1 aromatic heterocycles. The highest BCUT2D eigenvalue weighted by Crippen LogP contribution is 2.38. The van der Waals surface area contributed by atoms with Crippen LogP contribution in [0, 0.1) is 0 Å². The third kappa shape index (κ3) is 4.61. The molecule has 7 aromatic carbocycles. The van der Waals surface area contributed by atoms with Crippen LogP contribution in [-0.2, 0) is 0 Å². The number of benzene rings is 7. The molecule has 0 aliphatic carbocycles. The Balaban J connectivity index is 1.40. The molecule has 0 unspecified atom stereocenters. The molecule has 0 saturated carbocycles. The van der Waals surface area contributed by atoms with Gasteiger partial charge < -0.3 is 0 Å². The molecule has 3 nitrogen and oxygen atoms in total. The first-order chi connectivity index (χ1) is 21.8. The van der Waals surface area contributed by atoms with Crippen molar-refractivity contribution in [3.05, 3.63) is 164 Å². The molecule has 0 atom stereocenters. The Labute approximate surface area is 256 Å². The summed E-state index contributed by atoms with van der Waals surface area (Å²) in [5.74, 6) is 1.95. The summed E-state index contributed by atoms with van der Waals surface area (Å²) in [5, 5.41) is 4.54. The summed E-state index contributed by atoms with van der Waals surface area (Å²) in [4.78, 5) is 15.4. The molecule has 0 spiro atoms. The van der Waals surface area contributed by atoms with Gasteiger partial charge in [0.2, 0.25) is 0 Å². The van der Waals surface area contributed by atoms with Crippen LogP contribution in [0.3, 0.4) is 0 Å². The van der Waals surface area contributed by atoms with Crippen LogP contribution in [0.25, 0.3) is 78.0 Å². The van der Waals surface area contributed by atoms with E-state index in [1.165, 1.54) is 11.1 Å². The fraction of sp³-hybridized carbons (Fsp3) is 0. The van der Waals surface area contributed by atoms with Crippen molar-refractivity contribution in [1.82, 2.24) is 15.0 Å². The van der Waals surface area contributed by atoms with E-state index in [2.05, 4.69) is 133 Å². The number of nitrogens with zero attached hydrogens (tertiary/aromatic N) is 3. The van der Waals surface area contributed by atoms with E-state index in [1.54, 1.807) is 0 Å². The van der Waals surface area contributed by atoms with E-state index in [1.807, 2.05) is 30.3 Å². The van der Waals surface area contributed by atoms with Gasteiger partial charge in [0, 0.05) is 22.1 Å². The number of rotatable bonds is 5. The van der Waals surface area contributed by atoms with E-state index in [4.69, 9.17) is 15.0 Å². The molecule has 8 aromatic rings. The van der Waals surface area contributed by atoms with Gasteiger partial charge in [-0.05, 0) is 44.5 Å². The smallest absolute Gasteiger partial charge is 0.164 e. The molecular weight excluding hydrogens is 534 g/mol. The van der Waals surface area contributed by atoms with Crippen LogP contribution in [0.15, 0.2) is 164 Å². The van der Waals surface area contributed by atoms with Gasteiger partial charge in [0.25, 0.3) is 0 Å². The molecule has 0 saturated heterocycles. The number of aromatic nitrogens is 3. The first kappa shape index (κ1) is 25.8. The number of hydrogen-bond donors (Lipinski definition) is 0. The second kappa shape index (κ2) is 11.0. The van der Waals surface area contributed by atoms with Crippen molar-refractivity contribution in [3.63, 3.8) is 0 Å². The average molecular weight is 562 g/mol. The minimum atomic E-state index is 0.649. The normalized spacial score (nSPS) is 11.2. The summed E-state index contributed by atoms with van der Waals surface area (Å²) in [6.07, 6.45) is 0. The van der Waals surface area contributed by atoms with E-state index in [0.29, 0.717) is 17.5 Å². The van der Waals surface area contributed by atoms with Gasteiger partial charge >= 0.3 is 0 Å². The van der Waals surface area contributed by atoms with E-state index >= 15 is 0 Å². The molecule has 3 heteroatoms. The third-order valence-corrected chi connectivity index (χ3v) is 8.15. The van der Waals surface area contributed by atoms with Crippen molar-refractivity contribution in [2.75, 3.05) is 0 Å². The van der Waals surface area contributed by atoms with Crippen LogP contribution < -0.4 is 0 Å². The summed E-state index contributed by atoms with van der Waals surface area (Å²) in [5.41, 5.74) is 7.58. The Hall–Kier alpha value is -5.93. The van der Waals surface area contributed by atoms with Crippen molar-refractivity contribution in [1.29, 1.82) is 0 Å². The third-order valence-electron chi connectivity index (χ3n) is 8.15. The van der Waals surface area contributed by atoms with Crippen molar-refractivity contribution in [2.24, 2.45) is 0 Å². The second-order valence-corrected chi connectivity index (χ2v) is 10.8. The standard InChI is InChI=1S/C41H27N3/c1-4-14-28(15-5-1)32-26-27-36(35-23-11-10-22-34(32)35)40-42-39(31-18-8-3-9-19-31)43-41(44-40)37-25-13-21-30-20-12-24-33(38(30)37)29-16-6-2-7-17-29/h1-27H. The van der Waals surface area contributed by atoms with Crippen molar-refractivity contribution < 1.29 is 0 Å². The summed E-state index contributed by atoms with van der Waals surface area (Å²) in [6, 6.07) is 56.8. The molecule has 0 radical (unpaired) electrons. The van der Waals surface area contributed by atoms with Crippen LogP contribution in [-0.4, -0.2) is 15.0 Å². The molecule has 8 rings (SSSR count). The summed E-state index contributed by atoms with van der Waals surface area (Å²) >= 11 is 0. The lowest BCUT2D eigenvalue weighted by Gasteiger charge is -2.15. The molecule has 0 amide bonds. The van der Waals surface area contributed by atoms with E-state index in [-0.39, 0.29) is 0 Å². The molecule has 1 heterocycles. The van der Waals surface area contributed by atoms with Crippen LogP contribution in [0.2, 0.25) is 0 Å². The molecule has 0 bridgehead atoms. The maximum Gasteiger partial charge on any atom is 0.164 e. The largest absolute Gasteiger partial charge is 0.208 e. The maximum absolute atomic E-state index is 5.21. The van der Waals surface area contributed by atoms with Crippen molar-refractivity contribution in [2.45, 2.75) is 0 Å². The first-order valence-electron chi connectivity index (χ1n) is 14.8. The predicted molar refractivity (Wildman–Crippen MR) is 182 cm³/mol. The Kier molecular flexibility index (Phi) is 6.47. The maximum atomic E-state index is 5.21. The zero-order valence-corrected chi connectivity index (χ0v) is 23.9. The van der Waals surface area contributed by atoms with E-state index in [9.17, 15) is 0 Å². The highest BCUT2D eigenvalue weighted by molar-refractivity contribution is 6.06. The van der Waals surface area contributed by atoms with Gasteiger partial charge in [-0.2, -0.15) is 0 Å². The highest BCUT2D eigenvalue weighted by Gasteiger charge is 2.18. The van der Waals surface area contributed by atoms with Gasteiger partial charge in [0.05, 0.1) is 0 Å². The molecule has 0 fully saturated rings.